The van der Waals surface area contributed by atoms with E-state index in [1.54, 1.807) is 17.0 Å². The number of anilines is 1. The molecule has 8 heteroatoms. The van der Waals surface area contributed by atoms with Crippen LogP contribution in [0.25, 0.3) is 0 Å². The van der Waals surface area contributed by atoms with E-state index >= 15 is 0 Å². The highest BCUT2D eigenvalue weighted by Crippen LogP contribution is 2.26. The average molecular weight is 382 g/mol. The lowest BCUT2D eigenvalue weighted by atomic mass is 9.93. The fraction of sp³-hybridized carbons (Fsp3) is 0.263. The number of hydrogen-bond donors (Lipinski definition) is 1. The second kappa shape index (κ2) is 7.32. The standard InChI is InChI=1S/C19H18N4O3S/c1-2-16-21-22-19(27-16)20-17(24)14-10-12-6-3-4-7-13(12)11-23(14)18(25)15-8-5-9-26-15/h3-9,14H,2,10-11H2,1H3,(H,20,22,24). The van der Waals surface area contributed by atoms with Crippen molar-refractivity contribution in [3.8, 4) is 0 Å². The zero-order valence-corrected chi connectivity index (χ0v) is 15.5. The van der Waals surface area contributed by atoms with Gasteiger partial charge in [0, 0.05) is 13.0 Å². The molecular formula is C19H18N4O3S. The predicted molar refractivity (Wildman–Crippen MR) is 100 cm³/mol. The molecule has 1 aliphatic rings. The predicted octanol–water partition coefficient (Wildman–Crippen LogP) is 2.90. The minimum atomic E-state index is -0.647. The first-order chi connectivity index (χ1) is 13.2. The Kier molecular flexibility index (Phi) is 4.72. The van der Waals surface area contributed by atoms with E-state index in [9.17, 15) is 9.59 Å². The highest BCUT2D eigenvalue weighted by Gasteiger charge is 2.36. The normalized spacial score (nSPS) is 16.0. The number of hydrogen-bond acceptors (Lipinski definition) is 6. The van der Waals surface area contributed by atoms with Crippen molar-refractivity contribution >= 4 is 28.3 Å². The summed E-state index contributed by atoms with van der Waals surface area (Å²) in [5.74, 6) is -0.360. The minimum Gasteiger partial charge on any atom is -0.459 e. The molecule has 4 rings (SSSR count). The van der Waals surface area contributed by atoms with Gasteiger partial charge in [-0.05, 0) is 29.7 Å². The molecule has 2 aromatic heterocycles. The van der Waals surface area contributed by atoms with Gasteiger partial charge >= 0.3 is 0 Å². The summed E-state index contributed by atoms with van der Waals surface area (Å²) in [7, 11) is 0. The number of amides is 2. The number of aromatic nitrogens is 2. The molecule has 0 fully saturated rings. The van der Waals surface area contributed by atoms with E-state index in [0.29, 0.717) is 18.1 Å². The van der Waals surface area contributed by atoms with Gasteiger partial charge in [0.25, 0.3) is 5.91 Å². The Bertz CT molecular complexity index is 967. The number of aryl methyl sites for hydroxylation is 1. The molecule has 0 saturated heterocycles. The molecular weight excluding hydrogens is 364 g/mol. The third kappa shape index (κ3) is 3.48. The van der Waals surface area contributed by atoms with E-state index in [1.165, 1.54) is 17.6 Å². The fourth-order valence-corrected chi connectivity index (χ4v) is 3.83. The topological polar surface area (TPSA) is 88.3 Å². The molecule has 138 valence electrons. The molecule has 3 heterocycles. The van der Waals surface area contributed by atoms with E-state index in [2.05, 4.69) is 15.5 Å². The number of nitrogens with zero attached hydrogens (tertiary/aromatic N) is 3. The molecule has 1 N–H and O–H groups in total. The van der Waals surface area contributed by atoms with Crippen molar-refractivity contribution in [2.45, 2.75) is 32.4 Å². The van der Waals surface area contributed by atoms with Crippen molar-refractivity contribution in [2.75, 3.05) is 5.32 Å². The summed E-state index contributed by atoms with van der Waals surface area (Å²) in [5, 5.41) is 12.1. The molecule has 0 saturated carbocycles. The lowest BCUT2D eigenvalue weighted by molar-refractivity contribution is -0.121. The van der Waals surface area contributed by atoms with Gasteiger partial charge in [0.2, 0.25) is 11.0 Å². The van der Waals surface area contributed by atoms with Crippen LogP contribution >= 0.6 is 11.3 Å². The van der Waals surface area contributed by atoms with Crippen LogP contribution in [0.1, 0.15) is 33.6 Å². The highest BCUT2D eigenvalue weighted by atomic mass is 32.1. The van der Waals surface area contributed by atoms with Crippen LogP contribution < -0.4 is 5.32 Å². The number of benzene rings is 1. The Hall–Kier alpha value is -3.00. The van der Waals surface area contributed by atoms with Gasteiger partial charge in [-0.15, -0.1) is 10.2 Å². The summed E-state index contributed by atoms with van der Waals surface area (Å²) in [4.78, 5) is 27.4. The number of furan rings is 1. The molecule has 1 unspecified atom stereocenters. The molecule has 1 aliphatic heterocycles. The van der Waals surface area contributed by atoms with Crippen molar-refractivity contribution in [3.05, 3.63) is 64.6 Å². The van der Waals surface area contributed by atoms with E-state index in [0.717, 1.165) is 22.6 Å². The lowest BCUT2D eigenvalue weighted by Gasteiger charge is -2.35. The fourth-order valence-electron chi connectivity index (χ4n) is 3.15. The number of carbonyl (C=O) groups is 2. The van der Waals surface area contributed by atoms with Crippen LogP contribution in [-0.4, -0.2) is 33.0 Å². The van der Waals surface area contributed by atoms with E-state index < -0.39 is 6.04 Å². The summed E-state index contributed by atoms with van der Waals surface area (Å²) in [6.07, 6.45) is 2.65. The second-order valence-electron chi connectivity index (χ2n) is 6.24. The van der Waals surface area contributed by atoms with Gasteiger partial charge in [-0.3, -0.25) is 14.9 Å². The smallest absolute Gasteiger partial charge is 0.290 e. The summed E-state index contributed by atoms with van der Waals surface area (Å²) in [6, 6.07) is 10.5. The van der Waals surface area contributed by atoms with Crippen LogP contribution in [0.2, 0.25) is 0 Å². The largest absolute Gasteiger partial charge is 0.459 e. The summed E-state index contributed by atoms with van der Waals surface area (Å²) in [5.41, 5.74) is 2.10. The van der Waals surface area contributed by atoms with Gasteiger partial charge in [0.15, 0.2) is 5.76 Å². The van der Waals surface area contributed by atoms with Crippen LogP contribution in [0.5, 0.6) is 0 Å². The number of nitrogens with one attached hydrogen (secondary N) is 1. The third-order valence-corrected chi connectivity index (χ3v) is 5.53. The molecule has 3 aromatic rings. The molecule has 7 nitrogen and oxygen atoms in total. The molecule has 0 radical (unpaired) electrons. The molecule has 2 amide bonds. The van der Waals surface area contributed by atoms with Gasteiger partial charge < -0.3 is 9.32 Å². The SMILES string of the molecule is CCc1nnc(NC(=O)C2Cc3ccccc3CN2C(=O)c2ccco2)s1. The van der Waals surface area contributed by atoms with Crippen LogP contribution in [0.3, 0.4) is 0 Å². The maximum absolute atomic E-state index is 13.0. The maximum atomic E-state index is 13.0. The zero-order valence-electron chi connectivity index (χ0n) is 14.7. The lowest BCUT2D eigenvalue weighted by Crippen LogP contribution is -2.50. The van der Waals surface area contributed by atoms with E-state index in [4.69, 9.17) is 4.42 Å². The monoisotopic (exact) mass is 382 g/mol. The summed E-state index contributed by atoms with van der Waals surface area (Å²) in [6.45, 7) is 2.33. The molecule has 0 aliphatic carbocycles. The summed E-state index contributed by atoms with van der Waals surface area (Å²) >= 11 is 1.34. The third-order valence-electron chi connectivity index (χ3n) is 4.54. The zero-order chi connectivity index (χ0) is 18.8. The van der Waals surface area contributed by atoms with Gasteiger partial charge in [-0.25, -0.2) is 0 Å². The van der Waals surface area contributed by atoms with Crippen molar-refractivity contribution in [3.63, 3.8) is 0 Å². The second-order valence-corrected chi connectivity index (χ2v) is 7.30. The first-order valence-electron chi connectivity index (χ1n) is 8.70. The van der Waals surface area contributed by atoms with E-state index in [1.807, 2.05) is 31.2 Å². The van der Waals surface area contributed by atoms with Crippen molar-refractivity contribution in [2.24, 2.45) is 0 Å². The van der Waals surface area contributed by atoms with Gasteiger partial charge in [-0.1, -0.05) is 42.5 Å². The van der Waals surface area contributed by atoms with Gasteiger partial charge in [-0.2, -0.15) is 0 Å². The van der Waals surface area contributed by atoms with Gasteiger partial charge in [0.05, 0.1) is 6.26 Å². The van der Waals surface area contributed by atoms with Gasteiger partial charge in [0.1, 0.15) is 11.0 Å². The number of rotatable bonds is 4. The van der Waals surface area contributed by atoms with Crippen LogP contribution in [0.15, 0.2) is 47.1 Å². The first-order valence-corrected chi connectivity index (χ1v) is 9.52. The van der Waals surface area contributed by atoms with Crippen molar-refractivity contribution < 1.29 is 14.0 Å². The number of fused-ring (bicyclic) bond motifs is 1. The van der Waals surface area contributed by atoms with E-state index in [-0.39, 0.29) is 17.6 Å². The Morgan fingerprint density at radius 2 is 2.04 bits per heavy atom. The molecule has 0 spiro atoms. The molecule has 1 aromatic carbocycles. The Morgan fingerprint density at radius 1 is 1.22 bits per heavy atom. The van der Waals surface area contributed by atoms with Crippen LogP contribution in [0.4, 0.5) is 5.13 Å². The average Bonchev–Trinajstić information content (AvgIpc) is 3.38. The Morgan fingerprint density at radius 3 is 2.74 bits per heavy atom. The van der Waals surface area contributed by atoms with Crippen LogP contribution in [0, 0.1) is 0 Å². The maximum Gasteiger partial charge on any atom is 0.290 e. The van der Waals surface area contributed by atoms with Crippen LogP contribution in [-0.2, 0) is 24.2 Å². The molecule has 27 heavy (non-hydrogen) atoms. The molecule has 1 atom stereocenters. The molecule has 0 bridgehead atoms. The first kappa shape index (κ1) is 17.4. The highest BCUT2D eigenvalue weighted by molar-refractivity contribution is 7.15. The Balaban J connectivity index is 1.62. The summed E-state index contributed by atoms with van der Waals surface area (Å²) < 4.78 is 5.26. The quantitative estimate of drug-likeness (QED) is 0.750. The Labute approximate surface area is 160 Å². The minimum absolute atomic E-state index is 0.219. The number of carbonyl (C=O) groups excluding carboxylic acids is 2. The van der Waals surface area contributed by atoms with Crippen molar-refractivity contribution in [1.29, 1.82) is 0 Å². The van der Waals surface area contributed by atoms with Crippen molar-refractivity contribution in [1.82, 2.24) is 15.1 Å².